The second-order valence-electron chi connectivity index (χ2n) is 9.28. The lowest BCUT2D eigenvalue weighted by Gasteiger charge is -2.36. The summed E-state index contributed by atoms with van der Waals surface area (Å²) in [6.07, 6.45) is 9.28. The number of nitrogens with zero attached hydrogens (tertiary/aromatic N) is 2. The summed E-state index contributed by atoms with van der Waals surface area (Å²) in [5.41, 5.74) is 4.66. The van der Waals surface area contributed by atoms with Crippen molar-refractivity contribution in [1.29, 1.82) is 0 Å². The molecule has 2 aromatic heterocycles. The van der Waals surface area contributed by atoms with Crippen molar-refractivity contribution in [2.45, 2.75) is 44.1 Å². The van der Waals surface area contributed by atoms with Gasteiger partial charge in [0.1, 0.15) is 11.6 Å². The highest BCUT2D eigenvalue weighted by molar-refractivity contribution is 6.32. The molecule has 4 aromatic rings. The molecule has 5 rings (SSSR count). The summed E-state index contributed by atoms with van der Waals surface area (Å²) >= 11 is 12.1. The van der Waals surface area contributed by atoms with Crippen LogP contribution in [-0.2, 0) is 12.0 Å². The van der Waals surface area contributed by atoms with E-state index < -0.39 is 0 Å². The van der Waals surface area contributed by atoms with Gasteiger partial charge in [0, 0.05) is 47.0 Å². The summed E-state index contributed by atoms with van der Waals surface area (Å²) in [6.45, 7) is 1.60. The molecule has 0 amide bonds. The predicted molar refractivity (Wildman–Crippen MR) is 142 cm³/mol. The molecule has 7 heteroatoms. The van der Waals surface area contributed by atoms with Gasteiger partial charge in [0.05, 0.1) is 16.4 Å². The predicted octanol–water partition coefficient (Wildman–Crippen LogP) is 7.14. The minimum absolute atomic E-state index is 0.0476. The maximum atomic E-state index is 10.3. The SMILES string of the molecule is Oc1cc(-c2nc(C3(CNCc4ccc(Cl)cc4)CCCCC3)[nH]c2-c2ccncc2)ccc1Cl. The third-order valence-electron chi connectivity index (χ3n) is 6.91. The number of rotatable bonds is 7. The molecular weight excluding hydrogens is 479 g/mol. The van der Waals surface area contributed by atoms with Gasteiger partial charge >= 0.3 is 0 Å². The first kappa shape index (κ1) is 23.9. The molecule has 0 atom stereocenters. The second-order valence-corrected chi connectivity index (χ2v) is 10.1. The van der Waals surface area contributed by atoms with E-state index in [2.05, 4.69) is 27.4 Å². The number of H-pyrrole nitrogens is 1. The van der Waals surface area contributed by atoms with Crippen LogP contribution >= 0.6 is 23.2 Å². The molecule has 1 saturated carbocycles. The second kappa shape index (κ2) is 10.4. The van der Waals surface area contributed by atoms with Crippen LogP contribution in [0.2, 0.25) is 10.0 Å². The number of imidazole rings is 1. The van der Waals surface area contributed by atoms with Gasteiger partial charge in [-0.2, -0.15) is 0 Å². The topological polar surface area (TPSA) is 73.8 Å². The van der Waals surface area contributed by atoms with Gasteiger partial charge in [-0.05, 0) is 54.8 Å². The number of benzene rings is 2. The maximum Gasteiger partial charge on any atom is 0.134 e. The van der Waals surface area contributed by atoms with Crippen molar-refractivity contribution in [2.24, 2.45) is 0 Å². The smallest absolute Gasteiger partial charge is 0.134 e. The van der Waals surface area contributed by atoms with Crippen LogP contribution in [0.3, 0.4) is 0 Å². The third kappa shape index (κ3) is 5.22. The molecule has 2 heterocycles. The van der Waals surface area contributed by atoms with Gasteiger partial charge in [-0.15, -0.1) is 0 Å². The van der Waals surface area contributed by atoms with Gasteiger partial charge in [0.25, 0.3) is 0 Å². The Balaban J connectivity index is 1.51. The summed E-state index contributed by atoms with van der Waals surface area (Å²) in [5, 5.41) is 15.0. The number of aromatic amines is 1. The van der Waals surface area contributed by atoms with Crippen molar-refractivity contribution in [3.8, 4) is 28.3 Å². The Kier molecular flexibility index (Phi) is 7.09. The number of phenols is 1. The minimum atomic E-state index is -0.0980. The van der Waals surface area contributed by atoms with Gasteiger partial charge in [-0.25, -0.2) is 4.98 Å². The van der Waals surface area contributed by atoms with E-state index >= 15 is 0 Å². The van der Waals surface area contributed by atoms with Crippen LogP contribution in [0.15, 0.2) is 67.0 Å². The lowest BCUT2D eigenvalue weighted by atomic mass is 9.73. The standard InChI is InChI=1S/C28H28Cl2N4O/c29-22-7-4-19(5-8-22)17-32-18-28(12-2-1-3-13-28)27-33-25(20-10-14-31-15-11-20)26(34-27)21-6-9-23(30)24(35)16-21/h4-11,14-16,32,35H,1-3,12-13,17-18H2,(H,33,34). The molecule has 0 aliphatic heterocycles. The van der Waals surface area contributed by atoms with Gasteiger partial charge in [0.15, 0.2) is 0 Å². The number of nitrogens with one attached hydrogen (secondary N) is 2. The van der Waals surface area contributed by atoms with Crippen LogP contribution in [0.5, 0.6) is 5.75 Å². The van der Waals surface area contributed by atoms with E-state index in [0.29, 0.717) is 5.02 Å². The Bertz CT molecular complexity index is 1280. The number of hydrogen-bond acceptors (Lipinski definition) is 4. The van der Waals surface area contributed by atoms with E-state index in [1.807, 2.05) is 30.3 Å². The van der Waals surface area contributed by atoms with Crippen LogP contribution < -0.4 is 5.32 Å². The lowest BCUT2D eigenvalue weighted by molar-refractivity contribution is 0.267. The van der Waals surface area contributed by atoms with Crippen molar-refractivity contribution < 1.29 is 5.11 Å². The summed E-state index contributed by atoms with van der Waals surface area (Å²) in [7, 11) is 0. The summed E-state index contributed by atoms with van der Waals surface area (Å²) in [6, 6.07) is 17.2. The molecule has 5 nitrogen and oxygen atoms in total. The van der Waals surface area contributed by atoms with E-state index in [-0.39, 0.29) is 11.2 Å². The highest BCUT2D eigenvalue weighted by atomic mass is 35.5. The van der Waals surface area contributed by atoms with Crippen LogP contribution in [0.1, 0.15) is 43.5 Å². The van der Waals surface area contributed by atoms with Crippen LogP contribution in [0, 0.1) is 0 Å². The minimum Gasteiger partial charge on any atom is -0.506 e. The Morgan fingerprint density at radius 2 is 1.66 bits per heavy atom. The van der Waals surface area contributed by atoms with Crippen molar-refractivity contribution >= 4 is 23.2 Å². The number of halogens is 2. The molecule has 0 radical (unpaired) electrons. The van der Waals surface area contributed by atoms with Gasteiger partial charge < -0.3 is 15.4 Å². The van der Waals surface area contributed by atoms with Crippen molar-refractivity contribution in [3.63, 3.8) is 0 Å². The zero-order valence-electron chi connectivity index (χ0n) is 19.4. The third-order valence-corrected chi connectivity index (χ3v) is 7.48. The molecule has 0 spiro atoms. The average Bonchev–Trinajstić information content (AvgIpc) is 3.34. The Labute approximate surface area is 215 Å². The quantitative estimate of drug-likeness (QED) is 0.249. The molecule has 0 unspecified atom stereocenters. The summed E-state index contributed by atoms with van der Waals surface area (Å²) in [5.74, 6) is 1.03. The number of aromatic hydroxyl groups is 1. The van der Waals surface area contributed by atoms with Gasteiger partial charge in [0.2, 0.25) is 0 Å². The molecule has 1 fully saturated rings. The highest BCUT2D eigenvalue weighted by Gasteiger charge is 2.37. The normalized spacial score (nSPS) is 15.3. The van der Waals surface area contributed by atoms with E-state index in [9.17, 15) is 5.11 Å². The fraction of sp³-hybridized carbons (Fsp3) is 0.286. The molecular formula is C28H28Cl2N4O. The molecule has 0 bridgehead atoms. The van der Waals surface area contributed by atoms with Crippen molar-refractivity contribution in [3.05, 3.63) is 88.4 Å². The Morgan fingerprint density at radius 1 is 0.914 bits per heavy atom. The highest BCUT2D eigenvalue weighted by Crippen LogP contribution is 2.41. The van der Waals surface area contributed by atoms with E-state index in [0.717, 1.165) is 59.3 Å². The van der Waals surface area contributed by atoms with Crippen LogP contribution in [0.25, 0.3) is 22.5 Å². The van der Waals surface area contributed by atoms with E-state index in [4.69, 9.17) is 28.2 Å². The summed E-state index contributed by atoms with van der Waals surface area (Å²) < 4.78 is 0. The zero-order valence-corrected chi connectivity index (χ0v) is 20.9. The monoisotopic (exact) mass is 506 g/mol. The average molecular weight is 507 g/mol. The van der Waals surface area contributed by atoms with Crippen LogP contribution in [0.4, 0.5) is 0 Å². The molecule has 1 aliphatic rings. The number of hydrogen-bond donors (Lipinski definition) is 3. The molecule has 1 aliphatic carbocycles. The maximum absolute atomic E-state index is 10.3. The molecule has 35 heavy (non-hydrogen) atoms. The number of phenolic OH excluding ortho intramolecular Hbond substituents is 1. The Hall–Kier alpha value is -2.86. The fourth-order valence-corrected chi connectivity index (χ4v) is 5.24. The fourth-order valence-electron chi connectivity index (χ4n) is 4.99. The van der Waals surface area contributed by atoms with Crippen molar-refractivity contribution in [1.82, 2.24) is 20.3 Å². The van der Waals surface area contributed by atoms with Crippen molar-refractivity contribution in [2.75, 3.05) is 6.54 Å². The van der Waals surface area contributed by atoms with E-state index in [1.165, 1.54) is 24.8 Å². The first-order chi connectivity index (χ1) is 17.0. The lowest BCUT2D eigenvalue weighted by Crippen LogP contribution is -2.40. The molecule has 3 N–H and O–H groups in total. The first-order valence-corrected chi connectivity index (χ1v) is 12.7. The summed E-state index contributed by atoms with van der Waals surface area (Å²) in [4.78, 5) is 13.0. The number of pyridine rings is 1. The molecule has 2 aromatic carbocycles. The molecule has 180 valence electrons. The van der Waals surface area contributed by atoms with Crippen LogP contribution in [-0.4, -0.2) is 26.6 Å². The first-order valence-electron chi connectivity index (χ1n) is 12.0. The zero-order chi connectivity index (χ0) is 24.3. The van der Waals surface area contributed by atoms with Gasteiger partial charge in [-0.3, -0.25) is 4.98 Å². The van der Waals surface area contributed by atoms with E-state index in [1.54, 1.807) is 24.5 Å². The molecule has 0 saturated heterocycles. The largest absolute Gasteiger partial charge is 0.506 e. The number of aromatic nitrogens is 3. The Morgan fingerprint density at radius 3 is 2.37 bits per heavy atom. The van der Waals surface area contributed by atoms with Gasteiger partial charge in [-0.1, -0.05) is 60.7 Å².